The highest BCUT2D eigenvalue weighted by molar-refractivity contribution is 5.73. The van der Waals surface area contributed by atoms with Crippen LogP contribution >= 0.6 is 0 Å². The van der Waals surface area contributed by atoms with Gasteiger partial charge in [-0.15, -0.1) is 0 Å². The number of aliphatic hydroxyl groups excluding tert-OH is 3. The van der Waals surface area contributed by atoms with E-state index in [-0.39, 0.29) is 5.91 Å². The van der Waals surface area contributed by atoms with Gasteiger partial charge in [-0.05, 0) is 6.42 Å². The topological polar surface area (TPSA) is 108 Å². The number of hydrogen-bond donors (Lipinski definition) is 4. The molecule has 1 saturated heterocycles. The molecule has 4 N–H and O–H groups in total. The fourth-order valence-electron chi connectivity index (χ4n) is 4.46. The molecular weight excluding hydrogens is 422 g/mol. The minimum absolute atomic E-state index is 0.340. The zero-order chi connectivity index (χ0) is 24.3. The highest BCUT2D eigenvalue weighted by Crippen LogP contribution is 2.22. The predicted octanol–water partition coefficient (Wildman–Crippen LogP) is 4.21. The Bertz CT molecular complexity index is 478. The van der Waals surface area contributed by atoms with Crippen molar-refractivity contribution in [3.63, 3.8) is 0 Å². The Morgan fingerprint density at radius 1 is 0.788 bits per heavy atom. The molecule has 1 aliphatic heterocycles. The lowest BCUT2D eigenvalue weighted by atomic mass is 9.97. The molecular formula is C26H51NO6. The summed E-state index contributed by atoms with van der Waals surface area (Å²) >= 11 is 0. The van der Waals surface area contributed by atoms with Crippen LogP contribution in [0.15, 0.2) is 0 Å². The molecule has 0 aromatic carbocycles. The second-order valence-corrected chi connectivity index (χ2v) is 9.61. The van der Waals surface area contributed by atoms with Gasteiger partial charge in [0.25, 0.3) is 0 Å². The maximum Gasteiger partial charge on any atom is 0.217 e. The molecule has 0 saturated carbocycles. The lowest BCUT2D eigenvalue weighted by Crippen LogP contribution is -2.64. The zero-order valence-electron chi connectivity index (χ0n) is 21.2. The highest BCUT2D eigenvalue weighted by atomic mass is 16.7. The van der Waals surface area contributed by atoms with Crippen molar-refractivity contribution in [2.45, 2.75) is 147 Å². The largest absolute Gasteiger partial charge is 0.394 e. The Morgan fingerprint density at radius 2 is 1.24 bits per heavy atom. The van der Waals surface area contributed by atoms with Crippen molar-refractivity contribution in [1.82, 2.24) is 5.32 Å². The number of hydrogen-bond acceptors (Lipinski definition) is 6. The van der Waals surface area contributed by atoms with Crippen LogP contribution in [-0.2, 0) is 14.3 Å². The van der Waals surface area contributed by atoms with Crippen LogP contribution in [0.1, 0.15) is 117 Å². The van der Waals surface area contributed by atoms with Crippen molar-refractivity contribution in [1.29, 1.82) is 0 Å². The first-order valence-corrected chi connectivity index (χ1v) is 13.5. The first kappa shape index (κ1) is 30.3. The van der Waals surface area contributed by atoms with E-state index in [0.717, 1.165) is 12.8 Å². The molecule has 0 aromatic heterocycles. The van der Waals surface area contributed by atoms with Gasteiger partial charge in [0.05, 0.1) is 6.61 Å². The summed E-state index contributed by atoms with van der Waals surface area (Å²) in [6.45, 7) is 3.62. The van der Waals surface area contributed by atoms with E-state index < -0.39 is 37.3 Å². The Hall–Kier alpha value is -0.730. The number of rotatable bonds is 20. The molecule has 0 bridgehead atoms. The third-order valence-electron chi connectivity index (χ3n) is 6.53. The summed E-state index contributed by atoms with van der Waals surface area (Å²) in [5, 5.41) is 32.2. The van der Waals surface area contributed by atoms with E-state index in [0.29, 0.717) is 6.61 Å². The molecule has 0 spiro atoms. The van der Waals surface area contributed by atoms with E-state index in [1.165, 1.54) is 96.8 Å². The summed E-state index contributed by atoms with van der Waals surface area (Å²) < 4.78 is 11.3. The fraction of sp³-hybridized carbons (Fsp3) is 0.962. The molecule has 1 heterocycles. The van der Waals surface area contributed by atoms with Gasteiger partial charge in [0, 0.05) is 13.5 Å². The average molecular weight is 474 g/mol. The second-order valence-electron chi connectivity index (χ2n) is 9.61. The minimum Gasteiger partial charge on any atom is -0.394 e. The molecule has 1 aliphatic rings. The van der Waals surface area contributed by atoms with Gasteiger partial charge in [-0.3, -0.25) is 4.79 Å². The Morgan fingerprint density at radius 3 is 1.67 bits per heavy atom. The van der Waals surface area contributed by atoms with Crippen LogP contribution in [0.3, 0.4) is 0 Å². The molecule has 7 heteroatoms. The lowest BCUT2D eigenvalue weighted by Gasteiger charge is -2.42. The molecule has 196 valence electrons. The average Bonchev–Trinajstić information content (AvgIpc) is 2.80. The summed E-state index contributed by atoms with van der Waals surface area (Å²) in [5.74, 6) is -0.340. The number of carbonyl (C=O) groups is 1. The van der Waals surface area contributed by atoms with Crippen molar-refractivity contribution in [3.8, 4) is 0 Å². The smallest absolute Gasteiger partial charge is 0.217 e. The zero-order valence-corrected chi connectivity index (χ0v) is 21.2. The third kappa shape index (κ3) is 13.7. The van der Waals surface area contributed by atoms with Crippen LogP contribution in [0.25, 0.3) is 0 Å². The van der Waals surface area contributed by atoms with E-state index in [9.17, 15) is 20.1 Å². The van der Waals surface area contributed by atoms with E-state index in [2.05, 4.69) is 12.2 Å². The van der Waals surface area contributed by atoms with E-state index in [1.807, 2.05) is 0 Å². The molecule has 0 aromatic rings. The van der Waals surface area contributed by atoms with Gasteiger partial charge >= 0.3 is 0 Å². The van der Waals surface area contributed by atoms with Crippen molar-refractivity contribution in [2.24, 2.45) is 0 Å². The molecule has 33 heavy (non-hydrogen) atoms. The summed E-state index contributed by atoms with van der Waals surface area (Å²) in [4.78, 5) is 11.4. The van der Waals surface area contributed by atoms with E-state index in [4.69, 9.17) is 9.47 Å². The molecule has 0 radical (unpaired) electrons. The molecule has 1 fully saturated rings. The van der Waals surface area contributed by atoms with Crippen molar-refractivity contribution >= 4 is 5.91 Å². The van der Waals surface area contributed by atoms with Crippen molar-refractivity contribution in [2.75, 3.05) is 13.2 Å². The van der Waals surface area contributed by atoms with Gasteiger partial charge in [-0.1, -0.05) is 103 Å². The monoisotopic (exact) mass is 473 g/mol. The minimum atomic E-state index is -1.28. The van der Waals surface area contributed by atoms with Crippen LogP contribution in [-0.4, -0.2) is 65.1 Å². The number of ether oxygens (including phenoxy) is 2. The molecule has 0 unspecified atom stereocenters. The molecule has 1 rings (SSSR count). The predicted molar refractivity (Wildman–Crippen MR) is 131 cm³/mol. The standard InChI is InChI=1S/C26H51NO6/c1-3-4-5-6-7-8-9-10-11-12-13-14-15-16-17-18-19-32-26-23(27-21(2)29)25(31)24(30)22(20-28)33-26/h22-26,28,30-31H,3-20H2,1-2H3,(H,27,29)/t22-,23+,24-,25-,26+/m1/s1. The van der Waals surface area contributed by atoms with Gasteiger partial charge in [0.15, 0.2) is 6.29 Å². The van der Waals surface area contributed by atoms with Crippen molar-refractivity contribution in [3.05, 3.63) is 0 Å². The second kappa shape index (κ2) is 19.6. The highest BCUT2D eigenvalue weighted by Gasteiger charge is 2.45. The van der Waals surface area contributed by atoms with Crippen molar-refractivity contribution < 1.29 is 29.6 Å². The normalized spacial score (nSPS) is 25.3. The summed E-state index contributed by atoms with van der Waals surface area (Å²) in [7, 11) is 0. The lowest BCUT2D eigenvalue weighted by molar-refractivity contribution is -0.270. The van der Waals surface area contributed by atoms with Crippen LogP contribution in [0, 0.1) is 0 Å². The Balaban J connectivity index is 2.01. The fourth-order valence-corrected chi connectivity index (χ4v) is 4.46. The SMILES string of the molecule is CCCCCCCCCCCCCCCCCCO[C@H]1O[C@H](CO)[C@@H](O)[C@H](O)[C@@H]1NC(C)=O. The Kier molecular flexibility index (Phi) is 18.0. The first-order chi connectivity index (χ1) is 16.0. The number of nitrogens with one attached hydrogen (secondary N) is 1. The summed E-state index contributed by atoms with van der Waals surface area (Å²) in [5.41, 5.74) is 0. The molecule has 5 atom stereocenters. The maximum atomic E-state index is 11.4. The van der Waals surface area contributed by atoms with Gasteiger partial charge < -0.3 is 30.1 Å². The van der Waals surface area contributed by atoms with Gasteiger partial charge in [0.2, 0.25) is 5.91 Å². The van der Waals surface area contributed by atoms with Crippen LogP contribution in [0.5, 0.6) is 0 Å². The molecule has 7 nitrogen and oxygen atoms in total. The van der Waals surface area contributed by atoms with Crippen LogP contribution < -0.4 is 5.32 Å². The third-order valence-corrected chi connectivity index (χ3v) is 6.53. The molecule has 1 amide bonds. The van der Waals surface area contributed by atoms with Crippen LogP contribution in [0.4, 0.5) is 0 Å². The number of aliphatic hydroxyl groups is 3. The van der Waals surface area contributed by atoms with Gasteiger partial charge in [0.1, 0.15) is 24.4 Å². The summed E-state index contributed by atoms with van der Waals surface area (Å²) in [6.07, 6.45) is 16.5. The van der Waals surface area contributed by atoms with Gasteiger partial charge in [-0.2, -0.15) is 0 Å². The van der Waals surface area contributed by atoms with Gasteiger partial charge in [-0.25, -0.2) is 0 Å². The number of amides is 1. The van der Waals surface area contributed by atoms with E-state index >= 15 is 0 Å². The van der Waals surface area contributed by atoms with Crippen LogP contribution in [0.2, 0.25) is 0 Å². The maximum absolute atomic E-state index is 11.4. The Labute approximate surface area is 201 Å². The summed E-state index contributed by atoms with van der Waals surface area (Å²) in [6, 6.07) is -0.860. The molecule has 0 aliphatic carbocycles. The van der Waals surface area contributed by atoms with E-state index in [1.54, 1.807) is 0 Å². The first-order valence-electron chi connectivity index (χ1n) is 13.5. The quantitative estimate of drug-likeness (QED) is 0.197. The number of unbranched alkanes of at least 4 members (excludes halogenated alkanes) is 15. The number of carbonyl (C=O) groups excluding carboxylic acids is 1.